The summed E-state index contributed by atoms with van der Waals surface area (Å²) in [6, 6.07) is 15.5. The molecule has 126 valence electrons. The first kappa shape index (κ1) is 16.3. The summed E-state index contributed by atoms with van der Waals surface area (Å²) >= 11 is 2.95. The van der Waals surface area contributed by atoms with Crippen LogP contribution in [-0.4, -0.2) is 22.0 Å². The lowest BCUT2D eigenvalue weighted by Gasteiger charge is -2.15. The van der Waals surface area contributed by atoms with Crippen molar-refractivity contribution in [2.45, 2.75) is 29.4 Å². The third-order valence-corrected chi connectivity index (χ3v) is 6.54. The summed E-state index contributed by atoms with van der Waals surface area (Å²) in [7, 11) is 0. The topological polar surface area (TPSA) is 50.3 Å². The minimum atomic E-state index is -0.404. The molecule has 2 amide bonds. The number of amides is 2. The van der Waals surface area contributed by atoms with Crippen LogP contribution in [0.15, 0.2) is 52.9 Å². The maximum Gasteiger partial charge on any atom is 0.247 e. The Morgan fingerprint density at radius 1 is 1.16 bits per heavy atom. The molecule has 4 rings (SSSR count). The van der Waals surface area contributed by atoms with E-state index in [9.17, 15) is 9.59 Å². The first-order valence-corrected chi connectivity index (χ1v) is 9.83. The second-order valence-corrected chi connectivity index (χ2v) is 8.33. The third kappa shape index (κ3) is 3.07. The Morgan fingerprint density at radius 2 is 1.92 bits per heavy atom. The van der Waals surface area contributed by atoms with E-state index in [1.54, 1.807) is 11.3 Å². The van der Waals surface area contributed by atoms with Crippen LogP contribution < -0.4 is 4.90 Å². The van der Waals surface area contributed by atoms with Crippen molar-refractivity contribution in [3.63, 3.8) is 0 Å². The summed E-state index contributed by atoms with van der Waals surface area (Å²) in [5, 5.41) is -0.404. The fourth-order valence-corrected chi connectivity index (χ4v) is 5.21. The molecule has 1 aliphatic heterocycles. The number of aryl methyl sites for hydroxylation is 1. The fourth-order valence-electron chi connectivity index (χ4n) is 2.87. The van der Waals surface area contributed by atoms with Gasteiger partial charge in [-0.1, -0.05) is 43.0 Å². The lowest BCUT2D eigenvalue weighted by Crippen LogP contribution is -2.31. The Labute approximate surface area is 153 Å². The quantitative estimate of drug-likeness (QED) is 0.645. The maximum atomic E-state index is 12.8. The molecule has 0 N–H and O–H groups in total. The van der Waals surface area contributed by atoms with Gasteiger partial charge in [-0.2, -0.15) is 0 Å². The van der Waals surface area contributed by atoms with Crippen LogP contribution in [0.2, 0.25) is 0 Å². The zero-order valence-electron chi connectivity index (χ0n) is 13.6. The number of hydrogen-bond acceptors (Lipinski definition) is 5. The molecule has 0 saturated carbocycles. The Kier molecular flexibility index (Phi) is 4.31. The second kappa shape index (κ2) is 6.61. The van der Waals surface area contributed by atoms with Crippen LogP contribution in [-0.2, 0) is 16.0 Å². The molecule has 0 spiro atoms. The lowest BCUT2D eigenvalue weighted by molar-refractivity contribution is -0.121. The van der Waals surface area contributed by atoms with Gasteiger partial charge in [0, 0.05) is 6.42 Å². The zero-order valence-corrected chi connectivity index (χ0v) is 15.3. The normalized spacial score (nSPS) is 17.6. The largest absolute Gasteiger partial charge is 0.274 e. The van der Waals surface area contributed by atoms with E-state index in [0.29, 0.717) is 5.69 Å². The van der Waals surface area contributed by atoms with E-state index in [0.717, 1.165) is 21.0 Å². The molecule has 0 aliphatic carbocycles. The first-order valence-electron chi connectivity index (χ1n) is 8.13. The van der Waals surface area contributed by atoms with Crippen LogP contribution >= 0.6 is 23.1 Å². The van der Waals surface area contributed by atoms with E-state index in [1.807, 2.05) is 48.5 Å². The highest BCUT2D eigenvalue weighted by molar-refractivity contribution is 8.02. The van der Waals surface area contributed by atoms with E-state index < -0.39 is 5.25 Å². The fraction of sp³-hybridized carbons (Fsp3) is 0.211. The molecular formula is C19H16N2O2S2. The van der Waals surface area contributed by atoms with E-state index in [-0.39, 0.29) is 18.2 Å². The standard InChI is InChI=1S/C19H16N2O2S2/c1-2-12-7-9-13(10-8-12)21-17(22)11-16(18(21)23)25-19-20-14-5-3-4-6-15(14)24-19/h3-10,16H,2,11H2,1H3/t16-/m1/s1. The van der Waals surface area contributed by atoms with Gasteiger partial charge >= 0.3 is 0 Å². The minimum Gasteiger partial charge on any atom is -0.274 e. The van der Waals surface area contributed by atoms with Crippen LogP contribution in [0.5, 0.6) is 0 Å². The lowest BCUT2D eigenvalue weighted by atomic mass is 10.1. The third-order valence-electron chi connectivity index (χ3n) is 4.23. The molecule has 3 aromatic rings. The molecule has 2 aromatic carbocycles. The van der Waals surface area contributed by atoms with Gasteiger partial charge in [-0.15, -0.1) is 11.3 Å². The van der Waals surface area contributed by atoms with Crippen molar-refractivity contribution in [2.24, 2.45) is 0 Å². The number of thiazole rings is 1. The van der Waals surface area contributed by atoms with Gasteiger partial charge in [0.05, 0.1) is 15.9 Å². The summed E-state index contributed by atoms with van der Waals surface area (Å²) in [6.45, 7) is 2.08. The average Bonchev–Trinajstić information content (AvgIpc) is 3.15. The molecule has 0 unspecified atom stereocenters. The molecule has 1 atom stereocenters. The van der Waals surface area contributed by atoms with Gasteiger partial charge < -0.3 is 0 Å². The van der Waals surface area contributed by atoms with Gasteiger partial charge in [0.2, 0.25) is 11.8 Å². The Balaban J connectivity index is 1.55. The van der Waals surface area contributed by atoms with E-state index in [2.05, 4.69) is 11.9 Å². The highest BCUT2D eigenvalue weighted by Gasteiger charge is 2.40. The van der Waals surface area contributed by atoms with E-state index in [4.69, 9.17) is 0 Å². The van der Waals surface area contributed by atoms with Crippen molar-refractivity contribution in [3.8, 4) is 0 Å². The number of para-hydroxylation sites is 1. The summed E-state index contributed by atoms with van der Waals surface area (Å²) in [4.78, 5) is 31.0. The molecule has 1 fully saturated rings. The molecule has 0 bridgehead atoms. The van der Waals surface area contributed by atoms with Gasteiger partial charge in [0.1, 0.15) is 5.25 Å². The number of imide groups is 1. The van der Waals surface area contributed by atoms with Crippen LogP contribution in [0.3, 0.4) is 0 Å². The monoisotopic (exact) mass is 368 g/mol. The van der Waals surface area contributed by atoms with E-state index >= 15 is 0 Å². The number of hydrogen-bond donors (Lipinski definition) is 0. The Hall–Kier alpha value is -2.18. The van der Waals surface area contributed by atoms with Gasteiger partial charge in [-0.3, -0.25) is 9.59 Å². The van der Waals surface area contributed by atoms with Gasteiger partial charge in [-0.25, -0.2) is 9.88 Å². The number of thioether (sulfide) groups is 1. The molecule has 6 heteroatoms. The number of carbonyl (C=O) groups is 2. The Bertz CT molecular complexity index is 916. The van der Waals surface area contributed by atoms with Crippen LogP contribution in [0.1, 0.15) is 18.9 Å². The van der Waals surface area contributed by atoms with Crippen LogP contribution in [0, 0.1) is 0 Å². The average molecular weight is 368 g/mol. The smallest absolute Gasteiger partial charge is 0.247 e. The van der Waals surface area contributed by atoms with Crippen molar-refractivity contribution in [3.05, 3.63) is 54.1 Å². The van der Waals surface area contributed by atoms with E-state index in [1.165, 1.54) is 22.2 Å². The molecule has 1 aliphatic rings. The summed E-state index contributed by atoms with van der Waals surface area (Å²) < 4.78 is 1.92. The predicted octanol–water partition coefficient (Wildman–Crippen LogP) is 4.28. The van der Waals surface area contributed by atoms with Crippen molar-refractivity contribution in [1.29, 1.82) is 0 Å². The number of aromatic nitrogens is 1. The van der Waals surface area contributed by atoms with Crippen LogP contribution in [0.4, 0.5) is 5.69 Å². The molecule has 4 nitrogen and oxygen atoms in total. The molecule has 1 aromatic heterocycles. The summed E-state index contributed by atoms with van der Waals surface area (Å²) in [5.74, 6) is -0.300. The van der Waals surface area contributed by atoms with Crippen LogP contribution in [0.25, 0.3) is 10.2 Å². The van der Waals surface area contributed by atoms with Gasteiger partial charge in [0.25, 0.3) is 0 Å². The number of rotatable bonds is 4. The van der Waals surface area contributed by atoms with Crippen molar-refractivity contribution >= 4 is 50.8 Å². The highest BCUT2D eigenvalue weighted by atomic mass is 32.2. The number of anilines is 1. The number of carbonyl (C=O) groups excluding carboxylic acids is 2. The second-order valence-electron chi connectivity index (χ2n) is 5.85. The van der Waals surface area contributed by atoms with Crippen molar-refractivity contribution in [2.75, 3.05) is 4.90 Å². The molecule has 0 radical (unpaired) electrons. The SMILES string of the molecule is CCc1ccc(N2C(=O)C[C@@H](Sc3nc4ccccc4s3)C2=O)cc1. The molecule has 25 heavy (non-hydrogen) atoms. The number of benzene rings is 2. The van der Waals surface area contributed by atoms with Crippen molar-refractivity contribution in [1.82, 2.24) is 4.98 Å². The minimum absolute atomic E-state index is 0.146. The van der Waals surface area contributed by atoms with Crippen molar-refractivity contribution < 1.29 is 9.59 Å². The summed E-state index contributed by atoms with van der Waals surface area (Å²) in [5.41, 5.74) is 2.77. The molecule has 1 saturated heterocycles. The maximum absolute atomic E-state index is 12.8. The molecule has 2 heterocycles. The summed E-state index contributed by atoms with van der Waals surface area (Å²) in [6.07, 6.45) is 1.15. The number of nitrogens with zero attached hydrogens (tertiary/aromatic N) is 2. The first-order chi connectivity index (χ1) is 12.2. The zero-order chi connectivity index (χ0) is 17.4. The molecular weight excluding hydrogens is 352 g/mol. The van der Waals surface area contributed by atoms with Gasteiger partial charge in [-0.05, 0) is 36.2 Å². The highest BCUT2D eigenvalue weighted by Crippen LogP contribution is 2.37. The number of fused-ring (bicyclic) bond motifs is 1. The predicted molar refractivity (Wildman–Crippen MR) is 102 cm³/mol. The Morgan fingerprint density at radius 3 is 2.64 bits per heavy atom. The van der Waals surface area contributed by atoms with Gasteiger partial charge in [0.15, 0.2) is 4.34 Å².